The molecule has 1 saturated heterocycles. The lowest BCUT2D eigenvalue weighted by atomic mass is 10.2. The summed E-state index contributed by atoms with van der Waals surface area (Å²) >= 11 is 0. The van der Waals surface area contributed by atoms with Crippen LogP contribution in [0.3, 0.4) is 0 Å². The van der Waals surface area contributed by atoms with Gasteiger partial charge < -0.3 is 0 Å². The second-order valence-electron chi connectivity index (χ2n) is 6.97. The van der Waals surface area contributed by atoms with Crippen LogP contribution in [0.2, 0.25) is 0 Å². The molecule has 0 aliphatic carbocycles. The van der Waals surface area contributed by atoms with Gasteiger partial charge in [0.25, 0.3) is 10.0 Å². The molecule has 0 amide bonds. The van der Waals surface area contributed by atoms with Gasteiger partial charge in [0.2, 0.25) is 20.0 Å². The number of nitrogens with two attached hydrogens (primary N) is 1. The molecular formula is C18H23N3O6S3. The Morgan fingerprint density at radius 2 is 1.30 bits per heavy atom. The lowest BCUT2D eigenvalue weighted by molar-refractivity contribution is 0.424. The van der Waals surface area contributed by atoms with E-state index in [9.17, 15) is 25.3 Å². The van der Waals surface area contributed by atoms with Crippen molar-refractivity contribution in [2.24, 2.45) is 5.14 Å². The molecule has 3 rings (SSSR count). The molecule has 0 bridgehead atoms. The zero-order chi connectivity index (χ0) is 22.0. The minimum atomic E-state index is -4.10. The van der Waals surface area contributed by atoms with Gasteiger partial charge in [-0.2, -0.15) is 4.31 Å². The molecule has 30 heavy (non-hydrogen) atoms. The van der Waals surface area contributed by atoms with Crippen LogP contribution in [0.5, 0.6) is 0 Å². The van der Waals surface area contributed by atoms with Crippen LogP contribution in [0, 0.1) is 0 Å². The monoisotopic (exact) mass is 473 g/mol. The Labute approximate surface area is 177 Å². The van der Waals surface area contributed by atoms with E-state index in [4.69, 9.17) is 5.14 Å². The topological polar surface area (TPSA) is 144 Å². The lowest BCUT2D eigenvalue weighted by Crippen LogP contribution is -2.31. The van der Waals surface area contributed by atoms with Gasteiger partial charge in [0.15, 0.2) is 0 Å². The normalized spacial score (nSPS) is 16.7. The van der Waals surface area contributed by atoms with E-state index >= 15 is 0 Å². The van der Waals surface area contributed by atoms with Crippen molar-refractivity contribution in [1.82, 2.24) is 4.31 Å². The van der Waals surface area contributed by atoms with Crippen LogP contribution in [0.15, 0.2) is 63.2 Å². The number of nitrogens with one attached hydrogen (secondary N) is 1. The fourth-order valence-corrected chi connectivity index (χ4v) is 6.41. The molecule has 0 saturated carbocycles. The third kappa shape index (κ3) is 5.19. The number of anilines is 1. The highest BCUT2D eigenvalue weighted by Crippen LogP contribution is 2.23. The highest BCUT2D eigenvalue weighted by atomic mass is 32.2. The number of primary sulfonamides is 1. The zero-order valence-electron chi connectivity index (χ0n) is 16.1. The predicted molar refractivity (Wildman–Crippen MR) is 112 cm³/mol. The van der Waals surface area contributed by atoms with E-state index in [2.05, 4.69) is 4.72 Å². The number of hydrogen-bond donors (Lipinski definition) is 2. The van der Waals surface area contributed by atoms with Crippen LogP contribution in [0.25, 0.3) is 0 Å². The molecule has 2 aromatic carbocycles. The SMILES string of the molecule is NS(=O)(=O)c1cccc(S(=O)(=O)Nc2ccc(S(=O)(=O)N3CCCCCC3)cc2)c1. The first kappa shape index (κ1) is 22.7. The van der Waals surface area contributed by atoms with Gasteiger partial charge in [-0.15, -0.1) is 0 Å². The maximum Gasteiger partial charge on any atom is 0.261 e. The van der Waals surface area contributed by atoms with Crippen LogP contribution >= 0.6 is 0 Å². The molecule has 1 aliphatic heterocycles. The first-order valence-corrected chi connectivity index (χ1v) is 13.7. The van der Waals surface area contributed by atoms with Crippen molar-refractivity contribution < 1.29 is 25.3 Å². The Bertz CT molecular complexity index is 1220. The van der Waals surface area contributed by atoms with Crippen LogP contribution in [0.4, 0.5) is 5.69 Å². The van der Waals surface area contributed by atoms with Crippen molar-refractivity contribution in [1.29, 1.82) is 0 Å². The summed E-state index contributed by atoms with van der Waals surface area (Å²) in [4.78, 5) is -0.525. The Balaban J connectivity index is 1.81. The number of benzene rings is 2. The molecule has 9 nitrogen and oxygen atoms in total. The van der Waals surface area contributed by atoms with E-state index in [-0.39, 0.29) is 20.4 Å². The van der Waals surface area contributed by atoms with Crippen LogP contribution in [-0.2, 0) is 30.1 Å². The first-order chi connectivity index (χ1) is 14.0. The van der Waals surface area contributed by atoms with E-state index in [1.165, 1.54) is 46.8 Å². The maximum atomic E-state index is 12.8. The van der Waals surface area contributed by atoms with Gasteiger partial charge in [-0.25, -0.2) is 30.4 Å². The van der Waals surface area contributed by atoms with Gasteiger partial charge in [-0.3, -0.25) is 4.72 Å². The maximum absolute atomic E-state index is 12.8. The molecular weight excluding hydrogens is 450 g/mol. The van der Waals surface area contributed by atoms with Crippen LogP contribution in [-0.4, -0.2) is 42.6 Å². The summed E-state index contributed by atoms with van der Waals surface area (Å²) in [5, 5.41) is 5.05. The fraction of sp³-hybridized carbons (Fsp3) is 0.333. The van der Waals surface area contributed by atoms with Crippen LogP contribution in [0.1, 0.15) is 25.7 Å². The molecule has 0 spiro atoms. The summed E-state index contributed by atoms with van der Waals surface area (Å²) in [5.41, 5.74) is 0.144. The van der Waals surface area contributed by atoms with Gasteiger partial charge >= 0.3 is 0 Å². The summed E-state index contributed by atoms with van der Waals surface area (Å²) in [6, 6.07) is 10.0. The van der Waals surface area contributed by atoms with Crippen molar-refractivity contribution in [3.63, 3.8) is 0 Å². The molecule has 3 N–H and O–H groups in total. The van der Waals surface area contributed by atoms with Gasteiger partial charge in [-0.05, 0) is 55.3 Å². The average Bonchev–Trinajstić information content (AvgIpc) is 2.98. The molecule has 1 heterocycles. The number of sulfonamides is 3. The smallest absolute Gasteiger partial charge is 0.261 e. The summed E-state index contributed by atoms with van der Waals surface area (Å²) < 4.78 is 77.4. The number of hydrogen-bond acceptors (Lipinski definition) is 6. The molecule has 0 aromatic heterocycles. The molecule has 1 fully saturated rings. The average molecular weight is 474 g/mol. The summed E-state index contributed by atoms with van der Waals surface area (Å²) in [6.07, 6.45) is 3.63. The number of rotatable bonds is 6. The third-order valence-corrected chi connectivity index (χ3v) is 8.96. The van der Waals surface area contributed by atoms with Gasteiger partial charge in [0.05, 0.1) is 14.7 Å². The molecule has 0 atom stereocenters. The molecule has 0 unspecified atom stereocenters. The Kier molecular flexibility index (Phi) is 6.53. The van der Waals surface area contributed by atoms with Crippen molar-refractivity contribution in [3.05, 3.63) is 48.5 Å². The standard InChI is InChI=1S/C18H23N3O6S3/c19-28(22,23)17-6-5-7-18(14-17)29(24,25)20-15-8-10-16(11-9-15)30(26,27)21-12-3-1-2-4-13-21/h5-11,14,20H,1-4,12-13H2,(H2,19,22,23). The quantitative estimate of drug-likeness (QED) is 0.653. The van der Waals surface area contributed by atoms with Gasteiger partial charge in [-0.1, -0.05) is 18.9 Å². The Morgan fingerprint density at radius 3 is 1.87 bits per heavy atom. The fourth-order valence-electron chi connectivity index (χ4n) is 3.16. The molecule has 1 aliphatic rings. The minimum absolute atomic E-state index is 0.0866. The Morgan fingerprint density at radius 1 is 0.733 bits per heavy atom. The highest BCUT2D eigenvalue weighted by Gasteiger charge is 2.25. The summed E-state index contributed by atoms with van der Waals surface area (Å²) in [6.45, 7) is 0.939. The molecule has 0 radical (unpaired) electrons. The highest BCUT2D eigenvalue weighted by molar-refractivity contribution is 7.93. The van der Waals surface area contributed by atoms with E-state index in [1.807, 2.05) is 0 Å². The molecule has 12 heteroatoms. The summed E-state index contributed by atoms with van der Waals surface area (Å²) in [5.74, 6) is 0. The number of nitrogens with zero attached hydrogens (tertiary/aromatic N) is 1. The first-order valence-electron chi connectivity index (χ1n) is 9.26. The van der Waals surface area contributed by atoms with Gasteiger partial charge in [0, 0.05) is 18.8 Å². The minimum Gasteiger partial charge on any atom is -0.280 e. The molecule has 164 valence electrons. The van der Waals surface area contributed by atoms with E-state index in [0.29, 0.717) is 13.1 Å². The molecule has 2 aromatic rings. The second kappa shape index (κ2) is 8.63. The van der Waals surface area contributed by atoms with Gasteiger partial charge in [0.1, 0.15) is 0 Å². The second-order valence-corrected chi connectivity index (χ2v) is 12.1. The van der Waals surface area contributed by atoms with E-state index in [0.717, 1.165) is 31.7 Å². The van der Waals surface area contributed by atoms with Crippen molar-refractivity contribution >= 4 is 35.8 Å². The van der Waals surface area contributed by atoms with E-state index in [1.54, 1.807) is 0 Å². The lowest BCUT2D eigenvalue weighted by Gasteiger charge is -2.20. The van der Waals surface area contributed by atoms with Crippen molar-refractivity contribution in [2.75, 3.05) is 17.8 Å². The van der Waals surface area contributed by atoms with Crippen molar-refractivity contribution in [2.45, 2.75) is 40.4 Å². The third-order valence-electron chi connectivity index (χ3n) is 4.75. The Hall–Kier alpha value is -1.99. The van der Waals surface area contributed by atoms with Crippen LogP contribution < -0.4 is 9.86 Å². The van der Waals surface area contributed by atoms with Crippen molar-refractivity contribution in [3.8, 4) is 0 Å². The zero-order valence-corrected chi connectivity index (χ0v) is 18.5. The predicted octanol–water partition coefficient (Wildman–Crippen LogP) is 1.70. The summed E-state index contributed by atoms with van der Waals surface area (Å²) in [7, 11) is -11.8. The largest absolute Gasteiger partial charge is 0.280 e. The van der Waals surface area contributed by atoms with E-state index < -0.39 is 30.1 Å².